The van der Waals surface area contributed by atoms with Gasteiger partial charge in [0.15, 0.2) is 5.76 Å². The smallest absolute Gasteiger partial charge is 0.251 e. The summed E-state index contributed by atoms with van der Waals surface area (Å²) >= 11 is 5.96. The molecule has 0 radical (unpaired) electrons. The van der Waals surface area contributed by atoms with E-state index in [1.54, 1.807) is 6.20 Å². The summed E-state index contributed by atoms with van der Waals surface area (Å²) in [6, 6.07) is 13.5. The molecule has 0 atom stereocenters. The molecule has 0 unspecified atom stereocenters. The molecule has 0 spiro atoms. The molecular formula is C23H24ClN3O2. The van der Waals surface area contributed by atoms with Crippen LogP contribution in [0, 0.1) is 0 Å². The van der Waals surface area contributed by atoms with Crippen molar-refractivity contribution < 1.29 is 9.21 Å². The van der Waals surface area contributed by atoms with Crippen LogP contribution < -0.4 is 10.2 Å². The number of aromatic nitrogens is 1. The molecule has 1 aliphatic rings. The van der Waals surface area contributed by atoms with E-state index < -0.39 is 0 Å². The molecule has 0 bridgehead atoms. The first-order valence-corrected chi connectivity index (χ1v) is 10.3. The van der Waals surface area contributed by atoms with Crippen molar-refractivity contribution in [3.8, 4) is 11.3 Å². The molecule has 2 aromatic carbocycles. The highest BCUT2D eigenvalue weighted by Gasteiger charge is 2.23. The summed E-state index contributed by atoms with van der Waals surface area (Å²) in [7, 11) is 0. The third kappa shape index (κ3) is 4.30. The highest BCUT2D eigenvalue weighted by atomic mass is 35.5. The normalized spacial score (nSPS) is 13.4. The van der Waals surface area contributed by atoms with Gasteiger partial charge in [-0.05, 0) is 68.7 Å². The minimum Gasteiger partial charge on any atom is -0.439 e. The van der Waals surface area contributed by atoms with Crippen molar-refractivity contribution in [3.63, 3.8) is 0 Å². The number of nitrogens with zero attached hydrogens (tertiary/aromatic N) is 2. The molecule has 2 heterocycles. The summed E-state index contributed by atoms with van der Waals surface area (Å²) in [6.07, 6.45) is 3.63. The summed E-state index contributed by atoms with van der Waals surface area (Å²) in [5.41, 5.74) is 3.88. The second-order valence-corrected chi connectivity index (χ2v) is 8.02. The van der Waals surface area contributed by atoms with Crippen LogP contribution in [0.2, 0.25) is 5.02 Å². The molecule has 150 valence electrons. The van der Waals surface area contributed by atoms with Gasteiger partial charge >= 0.3 is 0 Å². The van der Waals surface area contributed by atoms with Crippen LogP contribution in [0.1, 0.15) is 42.1 Å². The van der Waals surface area contributed by atoms with Crippen LogP contribution in [0.4, 0.5) is 5.69 Å². The van der Waals surface area contributed by atoms with Crippen LogP contribution in [-0.4, -0.2) is 23.5 Å². The molecule has 0 fully saturated rings. The maximum atomic E-state index is 12.6. The highest BCUT2D eigenvalue weighted by molar-refractivity contribution is 6.30. The predicted molar refractivity (Wildman–Crippen MR) is 115 cm³/mol. The van der Waals surface area contributed by atoms with Gasteiger partial charge in [0.1, 0.15) is 0 Å². The van der Waals surface area contributed by atoms with E-state index >= 15 is 0 Å². The van der Waals surface area contributed by atoms with E-state index in [1.807, 2.05) is 50.2 Å². The minimum absolute atomic E-state index is 0.0140. The van der Waals surface area contributed by atoms with Gasteiger partial charge in [-0.1, -0.05) is 17.7 Å². The number of hydrogen-bond donors (Lipinski definition) is 1. The fourth-order valence-electron chi connectivity index (χ4n) is 3.71. The van der Waals surface area contributed by atoms with Gasteiger partial charge in [0.05, 0.1) is 12.7 Å². The van der Waals surface area contributed by atoms with Gasteiger partial charge in [-0.25, -0.2) is 4.98 Å². The van der Waals surface area contributed by atoms with E-state index in [1.165, 1.54) is 0 Å². The van der Waals surface area contributed by atoms with Crippen molar-refractivity contribution in [1.29, 1.82) is 0 Å². The Morgan fingerprint density at radius 3 is 2.79 bits per heavy atom. The number of hydrogen-bond acceptors (Lipinski definition) is 4. The Bertz CT molecular complexity index is 1010. The van der Waals surface area contributed by atoms with E-state index in [2.05, 4.69) is 21.3 Å². The zero-order valence-corrected chi connectivity index (χ0v) is 17.4. The molecule has 29 heavy (non-hydrogen) atoms. The number of nitrogens with one attached hydrogen (secondary N) is 1. The van der Waals surface area contributed by atoms with E-state index in [9.17, 15) is 4.79 Å². The van der Waals surface area contributed by atoms with Gasteiger partial charge in [-0.2, -0.15) is 0 Å². The van der Waals surface area contributed by atoms with Crippen molar-refractivity contribution in [2.45, 2.75) is 39.3 Å². The second-order valence-electron chi connectivity index (χ2n) is 7.58. The maximum Gasteiger partial charge on any atom is 0.251 e. The monoisotopic (exact) mass is 409 g/mol. The van der Waals surface area contributed by atoms with Crippen molar-refractivity contribution in [3.05, 3.63) is 70.7 Å². The van der Waals surface area contributed by atoms with Crippen molar-refractivity contribution in [1.82, 2.24) is 10.3 Å². The van der Waals surface area contributed by atoms with Crippen LogP contribution in [-0.2, 0) is 13.0 Å². The molecule has 6 heteroatoms. The molecule has 0 saturated heterocycles. The lowest BCUT2D eigenvalue weighted by molar-refractivity contribution is 0.0942. The van der Waals surface area contributed by atoms with E-state index in [0.29, 0.717) is 17.5 Å². The Kier molecular flexibility index (Phi) is 5.58. The number of fused-ring (bicyclic) bond motifs is 1. The summed E-state index contributed by atoms with van der Waals surface area (Å²) < 4.78 is 5.98. The van der Waals surface area contributed by atoms with Crippen LogP contribution >= 0.6 is 11.6 Å². The molecular weight excluding hydrogens is 386 g/mol. The number of carbonyl (C=O) groups is 1. The second kappa shape index (κ2) is 8.29. The van der Waals surface area contributed by atoms with Crippen LogP contribution in [0.15, 0.2) is 53.1 Å². The molecule has 1 aromatic heterocycles. The molecule has 0 aliphatic carbocycles. The first-order chi connectivity index (χ1) is 14.0. The Morgan fingerprint density at radius 1 is 1.24 bits per heavy atom. The fraction of sp³-hybridized carbons (Fsp3) is 0.304. The van der Waals surface area contributed by atoms with Gasteiger partial charge < -0.3 is 14.6 Å². The number of carbonyl (C=O) groups excluding carboxylic acids is 1. The Morgan fingerprint density at radius 2 is 2.03 bits per heavy atom. The average Bonchev–Trinajstić information content (AvgIpc) is 3.16. The predicted octanol–water partition coefficient (Wildman–Crippen LogP) is 5.09. The van der Waals surface area contributed by atoms with Crippen LogP contribution in [0.3, 0.4) is 0 Å². The van der Waals surface area contributed by atoms with Gasteiger partial charge in [0, 0.05) is 34.4 Å². The average molecular weight is 410 g/mol. The molecule has 1 aliphatic heterocycles. The molecule has 4 rings (SSSR count). The molecule has 5 nitrogen and oxygen atoms in total. The summed E-state index contributed by atoms with van der Waals surface area (Å²) in [5.74, 6) is 1.36. The van der Waals surface area contributed by atoms with E-state index in [4.69, 9.17) is 16.0 Å². The molecule has 0 saturated carbocycles. The fourth-order valence-corrected chi connectivity index (χ4v) is 3.84. The lowest BCUT2D eigenvalue weighted by Crippen LogP contribution is -2.34. The van der Waals surface area contributed by atoms with Gasteiger partial charge in [0.2, 0.25) is 5.89 Å². The SMILES string of the molecule is CC(C)NC(=O)c1cccc2c1CCCN2Cc1ncc(-c2ccc(Cl)cc2)o1. The van der Waals surface area contributed by atoms with Gasteiger partial charge in [0.25, 0.3) is 5.91 Å². The summed E-state index contributed by atoms with van der Waals surface area (Å²) in [6.45, 7) is 5.41. The van der Waals surface area contributed by atoms with E-state index in [0.717, 1.165) is 47.5 Å². The Balaban J connectivity index is 1.56. The highest BCUT2D eigenvalue weighted by Crippen LogP contribution is 2.32. The standard InChI is InChI=1S/C23H24ClN3O2/c1-15(2)26-23(28)19-5-3-7-20-18(19)6-4-12-27(20)14-22-25-13-21(29-22)16-8-10-17(24)11-9-16/h3,5,7-11,13,15H,4,6,12,14H2,1-2H3,(H,26,28). The topological polar surface area (TPSA) is 58.4 Å². The molecule has 3 aromatic rings. The first kappa shape index (κ1) is 19.5. The number of benzene rings is 2. The van der Waals surface area contributed by atoms with Gasteiger partial charge in [-0.15, -0.1) is 0 Å². The molecule has 1 N–H and O–H groups in total. The van der Waals surface area contributed by atoms with Crippen molar-refractivity contribution in [2.75, 3.05) is 11.4 Å². The summed E-state index contributed by atoms with van der Waals surface area (Å²) in [5, 5.41) is 3.69. The zero-order chi connectivity index (χ0) is 20.4. The zero-order valence-electron chi connectivity index (χ0n) is 16.6. The van der Waals surface area contributed by atoms with Crippen molar-refractivity contribution >= 4 is 23.2 Å². The van der Waals surface area contributed by atoms with Crippen LogP contribution in [0.5, 0.6) is 0 Å². The Hall–Kier alpha value is -2.79. The maximum absolute atomic E-state index is 12.6. The number of amides is 1. The lowest BCUT2D eigenvalue weighted by atomic mass is 9.95. The summed E-state index contributed by atoms with van der Waals surface area (Å²) in [4.78, 5) is 19.3. The third-order valence-electron chi connectivity index (χ3n) is 5.02. The number of oxazole rings is 1. The number of halogens is 1. The molecule has 1 amide bonds. The van der Waals surface area contributed by atoms with Crippen LogP contribution in [0.25, 0.3) is 11.3 Å². The lowest BCUT2D eigenvalue weighted by Gasteiger charge is -2.31. The third-order valence-corrected chi connectivity index (χ3v) is 5.27. The number of rotatable bonds is 5. The largest absolute Gasteiger partial charge is 0.439 e. The Labute approximate surface area is 175 Å². The van der Waals surface area contributed by atoms with E-state index in [-0.39, 0.29) is 11.9 Å². The first-order valence-electron chi connectivity index (χ1n) is 9.89. The number of anilines is 1. The van der Waals surface area contributed by atoms with Crippen molar-refractivity contribution in [2.24, 2.45) is 0 Å². The quantitative estimate of drug-likeness (QED) is 0.637. The minimum atomic E-state index is -0.0140. The van der Waals surface area contributed by atoms with Gasteiger partial charge in [-0.3, -0.25) is 4.79 Å².